The standard InChI is InChI=1S/C17H26O5/c1-4-5-11-13-7-6-10(2)12-8-9-16(3)20-15(19-14(11)18)17(12,13)22-21-16/h10-13,15H,4-9H2,1-3H3/t10-,11-,12+,13+,15?,16-,17-/m1/s1. The van der Waals surface area contributed by atoms with Crippen LogP contribution in [0.2, 0.25) is 0 Å². The molecule has 5 heteroatoms. The van der Waals surface area contributed by atoms with Crippen LogP contribution in [0.25, 0.3) is 0 Å². The number of hydrogen-bond donors (Lipinski definition) is 0. The zero-order valence-corrected chi connectivity index (χ0v) is 13.7. The summed E-state index contributed by atoms with van der Waals surface area (Å²) >= 11 is 0. The van der Waals surface area contributed by atoms with Crippen LogP contribution in [-0.4, -0.2) is 23.6 Å². The van der Waals surface area contributed by atoms with Crippen molar-refractivity contribution in [2.75, 3.05) is 0 Å². The van der Waals surface area contributed by atoms with Crippen LogP contribution in [-0.2, 0) is 24.0 Å². The number of ether oxygens (including phenoxy) is 2. The zero-order valence-electron chi connectivity index (χ0n) is 13.7. The maximum absolute atomic E-state index is 12.5. The molecule has 1 spiro atoms. The molecule has 0 amide bonds. The van der Waals surface area contributed by atoms with E-state index in [1.165, 1.54) is 0 Å². The Bertz CT molecular complexity index is 480. The highest BCUT2D eigenvalue weighted by Crippen LogP contribution is 2.60. The van der Waals surface area contributed by atoms with Gasteiger partial charge in [-0.05, 0) is 38.5 Å². The maximum Gasteiger partial charge on any atom is 0.311 e. The van der Waals surface area contributed by atoms with Gasteiger partial charge in [0.15, 0.2) is 5.60 Å². The van der Waals surface area contributed by atoms with E-state index in [4.69, 9.17) is 19.2 Å². The van der Waals surface area contributed by atoms with Crippen LogP contribution in [0.1, 0.15) is 59.3 Å². The van der Waals surface area contributed by atoms with Crippen molar-refractivity contribution >= 4 is 5.97 Å². The second-order valence-electron chi connectivity index (χ2n) is 7.74. The molecule has 4 aliphatic heterocycles. The highest BCUT2D eigenvalue weighted by Gasteiger charge is 2.70. The summed E-state index contributed by atoms with van der Waals surface area (Å²) in [4.78, 5) is 24.3. The van der Waals surface area contributed by atoms with E-state index >= 15 is 0 Å². The van der Waals surface area contributed by atoms with Crippen LogP contribution < -0.4 is 0 Å². The van der Waals surface area contributed by atoms with Gasteiger partial charge >= 0.3 is 5.97 Å². The Morgan fingerprint density at radius 2 is 2.00 bits per heavy atom. The molecule has 5 fully saturated rings. The molecule has 2 bridgehead atoms. The first-order chi connectivity index (χ1) is 10.5. The van der Waals surface area contributed by atoms with E-state index in [0.717, 1.165) is 38.5 Å². The van der Waals surface area contributed by atoms with Gasteiger partial charge in [0.2, 0.25) is 12.1 Å². The number of carbonyl (C=O) groups is 1. The third kappa shape index (κ3) is 1.85. The first-order valence-electron chi connectivity index (χ1n) is 8.75. The molecule has 0 aromatic rings. The van der Waals surface area contributed by atoms with Gasteiger partial charge in [0.1, 0.15) is 0 Å². The monoisotopic (exact) mass is 310 g/mol. The largest absolute Gasteiger partial charge is 0.432 e. The molecule has 1 aliphatic carbocycles. The number of hydrogen-bond acceptors (Lipinski definition) is 5. The highest BCUT2D eigenvalue weighted by atomic mass is 17.3. The molecule has 4 heterocycles. The average molecular weight is 310 g/mol. The Morgan fingerprint density at radius 3 is 2.77 bits per heavy atom. The van der Waals surface area contributed by atoms with E-state index in [2.05, 4.69) is 13.8 Å². The third-order valence-corrected chi connectivity index (χ3v) is 6.39. The van der Waals surface area contributed by atoms with Crippen molar-refractivity contribution in [3.05, 3.63) is 0 Å². The first-order valence-corrected chi connectivity index (χ1v) is 8.75. The van der Waals surface area contributed by atoms with Gasteiger partial charge in [0.05, 0.1) is 5.92 Å². The van der Waals surface area contributed by atoms with E-state index in [1.54, 1.807) is 0 Å². The predicted molar refractivity (Wildman–Crippen MR) is 77.3 cm³/mol. The zero-order chi connectivity index (χ0) is 15.5. The summed E-state index contributed by atoms with van der Waals surface area (Å²) in [5.74, 6) is -0.00225. The Hall–Kier alpha value is -0.650. The summed E-state index contributed by atoms with van der Waals surface area (Å²) in [6.45, 7) is 6.27. The minimum Gasteiger partial charge on any atom is -0.432 e. The molecule has 22 heavy (non-hydrogen) atoms. The molecule has 1 saturated carbocycles. The van der Waals surface area contributed by atoms with E-state index < -0.39 is 17.7 Å². The van der Waals surface area contributed by atoms with Crippen LogP contribution in [0.4, 0.5) is 0 Å². The minimum absolute atomic E-state index is 0.0918. The molecule has 4 saturated heterocycles. The van der Waals surface area contributed by atoms with E-state index in [-0.39, 0.29) is 17.8 Å². The van der Waals surface area contributed by atoms with Crippen molar-refractivity contribution in [1.29, 1.82) is 0 Å². The van der Waals surface area contributed by atoms with Crippen LogP contribution in [0.15, 0.2) is 0 Å². The average Bonchev–Trinajstić information content (AvgIpc) is 2.70. The Balaban J connectivity index is 1.79. The van der Waals surface area contributed by atoms with Gasteiger partial charge in [-0.3, -0.25) is 4.79 Å². The molecule has 7 atom stereocenters. The molecule has 0 N–H and O–H groups in total. The molecule has 124 valence electrons. The van der Waals surface area contributed by atoms with Crippen molar-refractivity contribution in [3.8, 4) is 0 Å². The molecule has 5 rings (SSSR count). The van der Waals surface area contributed by atoms with Gasteiger partial charge in [-0.1, -0.05) is 20.3 Å². The van der Waals surface area contributed by atoms with Gasteiger partial charge in [-0.25, -0.2) is 9.78 Å². The lowest BCUT2D eigenvalue weighted by Gasteiger charge is -2.58. The molecule has 0 radical (unpaired) electrons. The smallest absolute Gasteiger partial charge is 0.311 e. The molecular formula is C17H26O5. The second-order valence-corrected chi connectivity index (χ2v) is 7.74. The predicted octanol–water partition coefficient (Wildman–Crippen LogP) is 3.18. The molecular weight excluding hydrogens is 284 g/mol. The molecule has 1 unspecified atom stereocenters. The van der Waals surface area contributed by atoms with Gasteiger partial charge in [0, 0.05) is 18.3 Å². The fourth-order valence-corrected chi connectivity index (χ4v) is 5.25. The molecule has 5 nitrogen and oxygen atoms in total. The minimum atomic E-state index is -0.796. The van der Waals surface area contributed by atoms with E-state index in [9.17, 15) is 4.79 Å². The van der Waals surface area contributed by atoms with Crippen LogP contribution in [0.3, 0.4) is 0 Å². The lowest BCUT2D eigenvalue weighted by molar-refractivity contribution is -0.559. The van der Waals surface area contributed by atoms with Gasteiger partial charge in [-0.2, -0.15) is 0 Å². The van der Waals surface area contributed by atoms with Crippen LogP contribution >= 0.6 is 0 Å². The van der Waals surface area contributed by atoms with Crippen molar-refractivity contribution in [1.82, 2.24) is 0 Å². The topological polar surface area (TPSA) is 54.0 Å². The van der Waals surface area contributed by atoms with Gasteiger partial charge in [-0.15, -0.1) is 0 Å². The maximum atomic E-state index is 12.5. The van der Waals surface area contributed by atoms with E-state index in [0.29, 0.717) is 11.8 Å². The first kappa shape index (κ1) is 14.9. The quantitative estimate of drug-likeness (QED) is 0.579. The fourth-order valence-electron chi connectivity index (χ4n) is 5.25. The van der Waals surface area contributed by atoms with Crippen molar-refractivity contribution in [3.63, 3.8) is 0 Å². The lowest BCUT2D eigenvalue weighted by Crippen LogP contribution is -2.70. The van der Waals surface area contributed by atoms with Crippen LogP contribution in [0.5, 0.6) is 0 Å². The van der Waals surface area contributed by atoms with Crippen molar-refractivity contribution < 1.29 is 24.0 Å². The fraction of sp³-hybridized carbons (Fsp3) is 0.941. The molecule has 0 aromatic heterocycles. The Morgan fingerprint density at radius 1 is 1.18 bits per heavy atom. The summed E-state index contributed by atoms with van der Waals surface area (Å²) in [6, 6.07) is 0. The lowest BCUT2D eigenvalue weighted by atomic mass is 9.57. The van der Waals surface area contributed by atoms with Gasteiger partial charge in [0.25, 0.3) is 0 Å². The summed E-state index contributed by atoms with van der Waals surface area (Å²) in [5.41, 5.74) is -0.610. The summed E-state index contributed by atoms with van der Waals surface area (Å²) in [6.07, 6.45) is 5.10. The highest BCUT2D eigenvalue weighted by molar-refractivity contribution is 5.74. The summed E-state index contributed by atoms with van der Waals surface area (Å²) < 4.78 is 11.8. The summed E-state index contributed by atoms with van der Waals surface area (Å²) in [5, 5.41) is 0. The Kier molecular flexibility index (Phi) is 3.34. The SMILES string of the molecule is CCC[C@H]1C(=O)OC2O[C@@]3(C)CC[C@H]4[C@H](C)CC[C@@H]1[C@@]24OO3. The normalized spacial score (nSPS) is 53.6. The number of carbonyl (C=O) groups excluding carboxylic acids is 1. The summed E-state index contributed by atoms with van der Waals surface area (Å²) in [7, 11) is 0. The van der Waals surface area contributed by atoms with Crippen molar-refractivity contribution in [2.45, 2.75) is 77.0 Å². The van der Waals surface area contributed by atoms with Gasteiger partial charge < -0.3 is 9.47 Å². The van der Waals surface area contributed by atoms with Crippen LogP contribution in [0, 0.1) is 23.7 Å². The number of fused-ring (bicyclic) bond motifs is 2. The third-order valence-electron chi connectivity index (χ3n) is 6.39. The van der Waals surface area contributed by atoms with Crippen molar-refractivity contribution in [2.24, 2.45) is 23.7 Å². The van der Waals surface area contributed by atoms with E-state index in [1.807, 2.05) is 6.92 Å². The molecule has 5 aliphatic rings. The Labute approximate surface area is 131 Å². The second kappa shape index (κ2) is 4.92. The molecule has 0 aromatic carbocycles. The number of esters is 1. The number of rotatable bonds is 2.